The Bertz CT molecular complexity index is 2530. The summed E-state index contributed by atoms with van der Waals surface area (Å²) in [6.45, 7) is 15.3. The predicted octanol–water partition coefficient (Wildman–Crippen LogP) is 8.89. The Balaban J connectivity index is 0.000000172. The highest BCUT2D eigenvalue weighted by Crippen LogP contribution is 2.33. The van der Waals surface area contributed by atoms with E-state index in [9.17, 15) is 9.59 Å². The van der Waals surface area contributed by atoms with Gasteiger partial charge in [0.1, 0.15) is 0 Å². The maximum atomic E-state index is 12.6. The molecular weight excluding hydrogens is 857 g/mol. The second-order valence-electron chi connectivity index (χ2n) is 18.5. The molecule has 2 fully saturated rings. The second-order valence-corrected chi connectivity index (χ2v) is 18.5. The van der Waals surface area contributed by atoms with Gasteiger partial charge in [0.05, 0.1) is 39.3 Å². The van der Waals surface area contributed by atoms with Gasteiger partial charge in [-0.25, -0.2) is 0 Å². The van der Waals surface area contributed by atoms with Gasteiger partial charge in [0.15, 0.2) is 0 Å². The minimum Gasteiger partial charge on any atom is -0.380 e. The molecule has 10 rings (SSSR count). The maximum absolute atomic E-state index is 12.6. The molecular formula is C59H68N6O4. The van der Waals surface area contributed by atoms with E-state index in [1.54, 1.807) is 0 Å². The molecule has 0 N–H and O–H groups in total. The molecule has 2 amide bonds. The van der Waals surface area contributed by atoms with Crippen molar-refractivity contribution in [2.24, 2.45) is 0 Å². The van der Waals surface area contributed by atoms with Gasteiger partial charge in [-0.2, -0.15) is 0 Å². The van der Waals surface area contributed by atoms with Crippen LogP contribution in [0.1, 0.15) is 35.1 Å². The first kappa shape index (κ1) is 47.8. The number of benzene rings is 6. The molecule has 6 aromatic rings. The number of anilines is 2. The summed E-state index contributed by atoms with van der Waals surface area (Å²) in [5, 5.41) is 0. The molecule has 4 aliphatic rings. The number of nitrogens with zero attached hydrogens (tertiary/aromatic N) is 6. The lowest BCUT2D eigenvalue weighted by Gasteiger charge is -2.37. The summed E-state index contributed by atoms with van der Waals surface area (Å²) in [5.74, 6) is 0.382. The van der Waals surface area contributed by atoms with E-state index in [4.69, 9.17) is 9.47 Å². The standard InChI is InChI=1S/C30H35N3O2.C29H33N3O2/c34-30(33-16-14-25-8-4-5-11-27(25)24-33)15-22-35-23-21-31-17-19-32(20-18-31)29-13-7-6-12-28(29)26-9-2-1-3-10-26;33-29(32-22-25-10-4-5-11-26(25)23-32)14-20-34-21-19-30-15-17-31(18-16-30)28-13-7-6-12-27(28)24-8-2-1-3-9-24/h1-13H,14-24H2;1-13H,14-23H2. The zero-order chi connectivity index (χ0) is 47.0. The third kappa shape index (κ3) is 12.9. The van der Waals surface area contributed by atoms with Crippen molar-refractivity contribution in [2.45, 2.75) is 38.9 Å². The normalized spacial score (nSPS) is 16.1. The number of fused-ring (bicyclic) bond motifs is 2. The first-order valence-corrected chi connectivity index (χ1v) is 25.1. The van der Waals surface area contributed by atoms with Crippen LogP contribution in [0, 0.1) is 0 Å². The summed E-state index contributed by atoms with van der Waals surface area (Å²) in [7, 11) is 0. The van der Waals surface area contributed by atoms with Crippen molar-refractivity contribution in [3.63, 3.8) is 0 Å². The van der Waals surface area contributed by atoms with Gasteiger partial charge < -0.3 is 29.1 Å². The van der Waals surface area contributed by atoms with Crippen molar-refractivity contribution in [2.75, 3.05) is 108 Å². The van der Waals surface area contributed by atoms with E-state index in [1.807, 2.05) is 21.9 Å². The molecule has 358 valence electrons. The van der Waals surface area contributed by atoms with E-state index in [2.05, 4.69) is 165 Å². The van der Waals surface area contributed by atoms with Crippen LogP contribution in [-0.4, -0.2) is 130 Å². The van der Waals surface area contributed by atoms with E-state index in [-0.39, 0.29) is 11.8 Å². The number of hydrogen-bond donors (Lipinski definition) is 0. The molecule has 0 bridgehead atoms. The molecule has 10 heteroatoms. The molecule has 0 unspecified atom stereocenters. The number of ether oxygens (including phenoxy) is 2. The number of para-hydroxylation sites is 2. The van der Waals surface area contributed by atoms with Crippen LogP contribution in [0.4, 0.5) is 11.4 Å². The monoisotopic (exact) mass is 925 g/mol. The SMILES string of the molecule is O=C(CCOCCN1CCN(c2ccccc2-c2ccccc2)CC1)N1CCc2ccccc2C1.O=C(CCOCCN1CCN(c2ccccc2-c2ccccc2)CC1)N1Cc2ccccc2C1. The van der Waals surface area contributed by atoms with E-state index >= 15 is 0 Å². The van der Waals surface area contributed by atoms with Crippen molar-refractivity contribution >= 4 is 23.2 Å². The molecule has 0 atom stereocenters. The minimum absolute atomic E-state index is 0.182. The number of rotatable bonds is 16. The molecule has 4 aliphatic heterocycles. The third-order valence-corrected chi connectivity index (χ3v) is 14.1. The molecule has 10 nitrogen and oxygen atoms in total. The largest absolute Gasteiger partial charge is 0.380 e. The average Bonchev–Trinajstić information content (AvgIpc) is 3.87. The van der Waals surface area contributed by atoms with Crippen LogP contribution < -0.4 is 9.80 Å². The lowest BCUT2D eigenvalue weighted by molar-refractivity contribution is -0.134. The van der Waals surface area contributed by atoms with Gasteiger partial charge in [0.2, 0.25) is 11.8 Å². The summed E-state index contributed by atoms with van der Waals surface area (Å²) in [6.07, 6.45) is 1.87. The second kappa shape index (κ2) is 24.3. The summed E-state index contributed by atoms with van der Waals surface area (Å²) in [5.41, 5.74) is 12.9. The molecule has 0 spiro atoms. The Labute approximate surface area is 409 Å². The minimum atomic E-state index is 0.182. The Hall–Kier alpha value is -6.30. The van der Waals surface area contributed by atoms with Crippen LogP contribution in [0.5, 0.6) is 0 Å². The molecule has 0 aliphatic carbocycles. The van der Waals surface area contributed by atoms with Gasteiger partial charge in [-0.15, -0.1) is 0 Å². The van der Waals surface area contributed by atoms with Gasteiger partial charge in [-0.05, 0) is 51.9 Å². The van der Waals surface area contributed by atoms with Gasteiger partial charge in [0.25, 0.3) is 0 Å². The molecule has 0 aromatic heterocycles. The van der Waals surface area contributed by atoms with Gasteiger partial charge in [-0.1, -0.05) is 146 Å². The number of hydrogen-bond acceptors (Lipinski definition) is 8. The first-order chi connectivity index (χ1) is 34.1. The number of carbonyl (C=O) groups excluding carboxylic acids is 2. The fourth-order valence-corrected chi connectivity index (χ4v) is 10.1. The van der Waals surface area contributed by atoms with Crippen LogP contribution >= 0.6 is 0 Å². The fourth-order valence-electron chi connectivity index (χ4n) is 10.1. The Morgan fingerprint density at radius 1 is 0.377 bits per heavy atom. The topological polar surface area (TPSA) is 72.0 Å². The molecule has 2 saturated heterocycles. The lowest BCUT2D eigenvalue weighted by Crippen LogP contribution is -2.47. The summed E-state index contributed by atoms with van der Waals surface area (Å²) >= 11 is 0. The quantitative estimate of drug-likeness (QED) is 0.0893. The Morgan fingerprint density at radius 2 is 0.754 bits per heavy atom. The number of carbonyl (C=O) groups is 2. The van der Waals surface area contributed by atoms with Crippen LogP contribution in [0.2, 0.25) is 0 Å². The smallest absolute Gasteiger partial charge is 0.225 e. The molecule has 0 saturated carbocycles. The van der Waals surface area contributed by atoms with Crippen LogP contribution in [-0.2, 0) is 45.1 Å². The van der Waals surface area contributed by atoms with Crippen molar-refractivity contribution in [1.82, 2.24) is 19.6 Å². The van der Waals surface area contributed by atoms with Crippen LogP contribution in [0.15, 0.2) is 158 Å². The fraction of sp³-hybridized carbons (Fsp3) is 0.356. The summed E-state index contributed by atoms with van der Waals surface area (Å²) in [6, 6.07) is 55.4. The van der Waals surface area contributed by atoms with Crippen molar-refractivity contribution in [1.29, 1.82) is 0 Å². The molecule has 69 heavy (non-hydrogen) atoms. The molecule has 6 aromatic carbocycles. The van der Waals surface area contributed by atoms with Crippen molar-refractivity contribution in [3.05, 3.63) is 180 Å². The van der Waals surface area contributed by atoms with Crippen LogP contribution in [0.3, 0.4) is 0 Å². The van der Waals surface area contributed by atoms with Gasteiger partial charge >= 0.3 is 0 Å². The highest BCUT2D eigenvalue weighted by molar-refractivity contribution is 5.80. The molecule has 0 radical (unpaired) electrons. The molecule has 4 heterocycles. The Morgan fingerprint density at radius 3 is 1.23 bits per heavy atom. The van der Waals surface area contributed by atoms with Gasteiger partial charge in [0, 0.05) is 114 Å². The van der Waals surface area contributed by atoms with Crippen molar-refractivity contribution < 1.29 is 19.1 Å². The van der Waals surface area contributed by atoms with Gasteiger partial charge in [-0.3, -0.25) is 19.4 Å². The maximum Gasteiger partial charge on any atom is 0.225 e. The average molecular weight is 925 g/mol. The summed E-state index contributed by atoms with van der Waals surface area (Å²) in [4.78, 5) is 38.9. The zero-order valence-corrected chi connectivity index (χ0v) is 40.2. The van der Waals surface area contributed by atoms with Crippen molar-refractivity contribution in [3.8, 4) is 22.3 Å². The highest BCUT2D eigenvalue weighted by atomic mass is 16.5. The van der Waals surface area contributed by atoms with E-state index in [0.29, 0.717) is 39.3 Å². The van der Waals surface area contributed by atoms with Crippen LogP contribution in [0.25, 0.3) is 22.3 Å². The van der Waals surface area contributed by atoms with E-state index < -0.39 is 0 Å². The Kier molecular flexibility index (Phi) is 16.8. The summed E-state index contributed by atoms with van der Waals surface area (Å²) < 4.78 is 11.7. The number of piperazine rings is 2. The lowest BCUT2D eigenvalue weighted by atomic mass is 10.00. The van der Waals surface area contributed by atoms with E-state index in [0.717, 1.165) is 98.0 Å². The third-order valence-electron chi connectivity index (χ3n) is 14.1. The highest BCUT2D eigenvalue weighted by Gasteiger charge is 2.24. The van der Waals surface area contributed by atoms with E-state index in [1.165, 1.54) is 55.9 Å². The first-order valence-electron chi connectivity index (χ1n) is 25.1. The predicted molar refractivity (Wildman–Crippen MR) is 278 cm³/mol. The number of amides is 2. The zero-order valence-electron chi connectivity index (χ0n) is 40.2.